The number of nitrogens with zero attached hydrogens (tertiary/aromatic N) is 1. The van der Waals surface area contributed by atoms with Gasteiger partial charge in [0.15, 0.2) is 0 Å². The molecule has 0 bridgehead atoms. The summed E-state index contributed by atoms with van der Waals surface area (Å²) in [5.74, 6) is 0.825. The van der Waals surface area contributed by atoms with Crippen LogP contribution in [-0.2, 0) is 0 Å². The van der Waals surface area contributed by atoms with Crippen LogP contribution in [0, 0.1) is 5.92 Å². The van der Waals surface area contributed by atoms with Crippen LogP contribution >= 0.6 is 27.5 Å². The van der Waals surface area contributed by atoms with Crippen molar-refractivity contribution in [3.63, 3.8) is 0 Å². The Morgan fingerprint density at radius 2 is 2.14 bits per heavy atom. The third-order valence-corrected chi connectivity index (χ3v) is 5.46. The molecule has 2 rings (SSSR count). The zero-order valence-corrected chi connectivity index (χ0v) is 15.5. The molecule has 1 aromatic carbocycles. The summed E-state index contributed by atoms with van der Waals surface area (Å²) in [6.45, 7) is 7.07. The zero-order valence-electron chi connectivity index (χ0n) is 13.2. The van der Waals surface area contributed by atoms with E-state index in [4.69, 9.17) is 11.6 Å². The number of hydrogen-bond acceptors (Lipinski definition) is 2. The summed E-state index contributed by atoms with van der Waals surface area (Å²) in [6.07, 6.45) is 3.78. The highest BCUT2D eigenvalue weighted by atomic mass is 79.9. The van der Waals surface area contributed by atoms with E-state index >= 15 is 0 Å². The van der Waals surface area contributed by atoms with Crippen LogP contribution in [-0.4, -0.2) is 31.1 Å². The van der Waals surface area contributed by atoms with Crippen molar-refractivity contribution in [1.29, 1.82) is 0 Å². The van der Waals surface area contributed by atoms with Crippen LogP contribution in [0.3, 0.4) is 0 Å². The molecule has 1 aromatic rings. The fourth-order valence-electron chi connectivity index (χ4n) is 3.23. The van der Waals surface area contributed by atoms with Gasteiger partial charge in [0.2, 0.25) is 0 Å². The van der Waals surface area contributed by atoms with E-state index < -0.39 is 0 Å². The van der Waals surface area contributed by atoms with Crippen molar-refractivity contribution in [2.75, 3.05) is 20.1 Å². The van der Waals surface area contributed by atoms with Gasteiger partial charge in [-0.3, -0.25) is 0 Å². The third-order valence-electron chi connectivity index (χ3n) is 4.64. The van der Waals surface area contributed by atoms with Gasteiger partial charge in [0.05, 0.1) is 0 Å². The molecule has 3 atom stereocenters. The van der Waals surface area contributed by atoms with Crippen molar-refractivity contribution < 1.29 is 0 Å². The lowest BCUT2D eigenvalue weighted by molar-refractivity contribution is 0.119. The van der Waals surface area contributed by atoms with E-state index in [2.05, 4.69) is 52.1 Å². The summed E-state index contributed by atoms with van der Waals surface area (Å²) in [6, 6.07) is 7.19. The van der Waals surface area contributed by atoms with Crippen LogP contribution in [0.4, 0.5) is 0 Å². The fraction of sp³-hybridized carbons (Fsp3) is 0.647. The second-order valence-corrected chi connectivity index (χ2v) is 7.65. The first-order chi connectivity index (χ1) is 10.0. The average molecular weight is 374 g/mol. The molecule has 0 spiro atoms. The first kappa shape index (κ1) is 17.3. The molecule has 1 heterocycles. The molecule has 0 radical (unpaired) electrons. The topological polar surface area (TPSA) is 15.3 Å². The summed E-state index contributed by atoms with van der Waals surface area (Å²) in [4.78, 5) is 2.63. The van der Waals surface area contributed by atoms with Gasteiger partial charge in [-0.2, -0.15) is 0 Å². The number of benzene rings is 1. The summed E-state index contributed by atoms with van der Waals surface area (Å²) >= 11 is 9.86. The quantitative estimate of drug-likeness (QED) is 0.792. The molecule has 2 nitrogen and oxygen atoms in total. The van der Waals surface area contributed by atoms with Gasteiger partial charge in [-0.1, -0.05) is 40.5 Å². The van der Waals surface area contributed by atoms with Gasteiger partial charge in [-0.25, -0.2) is 0 Å². The number of hydrogen-bond donors (Lipinski definition) is 1. The highest BCUT2D eigenvalue weighted by molar-refractivity contribution is 9.10. The van der Waals surface area contributed by atoms with E-state index in [9.17, 15) is 0 Å². The van der Waals surface area contributed by atoms with Crippen LogP contribution < -0.4 is 5.32 Å². The molecule has 1 fully saturated rings. The molecule has 1 saturated heterocycles. The highest BCUT2D eigenvalue weighted by Crippen LogP contribution is 2.29. The van der Waals surface area contributed by atoms with Gasteiger partial charge in [-0.15, -0.1) is 0 Å². The van der Waals surface area contributed by atoms with E-state index in [1.165, 1.54) is 24.9 Å². The highest BCUT2D eigenvalue weighted by Gasteiger charge is 2.23. The van der Waals surface area contributed by atoms with Crippen LogP contribution in [0.5, 0.6) is 0 Å². The van der Waals surface area contributed by atoms with E-state index in [0.29, 0.717) is 12.1 Å². The minimum Gasteiger partial charge on any atom is -0.313 e. The summed E-state index contributed by atoms with van der Waals surface area (Å²) in [5.41, 5.74) is 1.19. The summed E-state index contributed by atoms with van der Waals surface area (Å²) < 4.78 is 1.03. The maximum atomic E-state index is 6.39. The Labute approximate surface area is 142 Å². The monoisotopic (exact) mass is 372 g/mol. The Morgan fingerprint density at radius 3 is 2.81 bits per heavy atom. The largest absolute Gasteiger partial charge is 0.313 e. The molecule has 0 amide bonds. The van der Waals surface area contributed by atoms with Gasteiger partial charge in [-0.05, 0) is 56.8 Å². The molecule has 1 aliphatic heterocycles. The second kappa shape index (κ2) is 7.96. The Morgan fingerprint density at radius 1 is 1.38 bits per heavy atom. The van der Waals surface area contributed by atoms with E-state index in [1.807, 2.05) is 13.1 Å². The molecule has 1 aliphatic rings. The summed E-state index contributed by atoms with van der Waals surface area (Å²) in [7, 11) is 2.02. The number of halogens is 2. The summed E-state index contributed by atoms with van der Waals surface area (Å²) in [5, 5.41) is 4.25. The normalized spacial score (nSPS) is 25.0. The van der Waals surface area contributed by atoms with Crippen molar-refractivity contribution in [2.24, 2.45) is 5.92 Å². The van der Waals surface area contributed by atoms with Gasteiger partial charge < -0.3 is 10.2 Å². The average Bonchev–Trinajstić information content (AvgIpc) is 2.44. The lowest BCUT2D eigenvalue weighted by Gasteiger charge is -2.37. The molecule has 3 unspecified atom stereocenters. The number of nitrogens with one attached hydrogen (secondary N) is 1. The van der Waals surface area contributed by atoms with Crippen molar-refractivity contribution in [2.45, 2.75) is 45.2 Å². The van der Waals surface area contributed by atoms with Crippen molar-refractivity contribution in [3.05, 3.63) is 33.3 Å². The third kappa shape index (κ3) is 4.69. The smallest absolute Gasteiger partial charge is 0.0465 e. The first-order valence-electron chi connectivity index (χ1n) is 7.87. The van der Waals surface area contributed by atoms with E-state index in [0.717, 1.165) is 28.4 Å². The minimum absolute atomic E-state index is 0.315. The maximum Gasteiger partial charge on any atom is 0.0465 e. The molecule has 0 saturated carbocycles. The molecule has 4 heteroatoms. The van der Waals surface area contributed by atoms with Crippen LogP contribution in [0.2, 0.25) is 5.02 Å². The Bertz CT molecular complexity index is 466. The number of likely N-dealkylation sites (tertiary alicyclic amines) is 1. The SMILES string of the molecule is CNC(CCN1CC(C)CCC1C)c1ccc(Br)cc1Cl. The molecular weight excluding hydrogens is 348 g/mol. The van der Waals surface area contributed by atoms with Crippen molar-refractivity contribution >= 4 is 27.5 Å². The van der Waals surface area contributed by atoms with Crippen LogP contribution in [0.1, 0.15) is 44.7 Å². The molecular formula is C17H26BrClN2. The molecule has 0 aliphatic carbocycles. The first-order valence-corrected chi connectivity index (χ1v) is 9.04. The standard InChI is InChI=1S/C17H26BrClN2/c1-12-4-5-13(2)21(11-12)9-8-17(20-3)15-7-6-14(18)10-16(15)19/h6-7,10,12-13,17,20H,4-5,8-9,11H2,1-3H3. The van der Waals surface area contributed by atoms with Crippen LogP contribution in [0.15, 0.2) is 22.7 Å². The Kier molecular flexibility index (Phi) is 6.54. The second-order valence-electron chi connectivity index (χ2n) is 6.32. The van der Waals surface area contributed by atoms with E-state index in [1.54, 1.807) is 0 Å². The van der Waals surface area contributed by atoms with Gasteiger partial charge in [0, 0.05) is 34.7 Å². The van der Waals surface area contributed by atoms with Gasteiger partial charge >= 0.3 is 0 Å². The minimum atomic E-state index is 0.315. The van der Waals surface area contributed by atoms with E-state index in [-0.39, 0.29) is 0 Å². The van der Waals surface area contributed by atoms with Gasteiger partial charge in [0.1, 0.15) is 0 Å². The van der Waals surface area contributed by atoms with Crippen molar-refractivity contribution in [3.8, 4) is 0 Å². The van der Waals surface area contributed by atoms with Crippen molar-refractivity contribution in [1.82, 2.24) is 10.2 Å². The predicted molar refractivity (Wildman–Crippen MR) is 95.0 cm³/mol. The Balaban J connectivity index is 1.99. The lowest BCUT2D eigenvalue weighted by atomic mass is 9.94. The molecule has 0 aromatic heterocycles. The van der Waals surface area contributed by atoms with Crippen LogP contribution in [0.25, 0.3) is 0 Å². The molecule has 1 N–H and O–H groups in total. The van der Waals surface area contributed by atoms with Gasteiger partial charge in [0.25, 0.3) is 0 Å². The predicted octanol–water partition coefficient (Wildman–Crippen LogP) is 4.87. The Hall–Kier alpha value is -0.0900. The number of piperidine rings is 1. The lowest BCUT2D eigenvalue weighted by Crippen LogP contribution is -2.42. The zero-order chi connectivity index (χ0) is 15.4. The molecule has 21 heavy (non-hydrogen) atoms. The fourth-order valence-corrected chi connectivity index (χ4v) is 4.03. The number of rotatable bonds is 5. The molecule has 118 valence electrons. The maximum absolute atomic E-state index is 6.39.